The summed E-state index contributed by atoms with van der Waals surface area (Å²) in [5, 5.41) is 3.44. The van der Waals surface area contributed by atoms with Gasteiger partial charge >= 0.3 is 0 Å². The number of hydrogen-bond acceptors (Lipinski definition) is 4. The number of carbonyl (C=O) groups excluding carboxylic acids is 1. The molecular formula is C24H25ClN2O4S. The highest BCUT2D eigenvalue weighted by Gasteiger charge is 2.21. The number of benzene rings is 3. The van der Waals surface area contributed by atoms with Crippen LogP contribution < -0.4 is 14.4 Å². The molecular weight excluding hydrogens is 448 g/mol. The molecule has 0 aliphatic heterocycles. The van der Waals surface area contributed by atoms with Gasteiger partial charge in [-0.05, 0) is 66.6 Å². The summed E-state index contributed by atoms with van der Waals surface area (Å²) in [6.07, 6.45) is 0.189. The highest BCUT2D eigenvalue weighted by atomic mass is 35.5. The van der Waals surface area contributed by atoms with Crippen LogP contribution in [0.5, 0.6) is 5.75 Å². The maximum Gasteiger partial charge on any atom is 0.264 e. The molecule has 0 heterocycles. The molecule has 0 unspecified atom stereocenters. The minimum absolute atomic E-state index is 0.122. The molecule has 1 N–H and O–H groups in total. The summed E-state index contributed by atoms with van der Waals surface area (Å²) in [7, 11) is -0.614. The minimum atomic E-state index is -3.71. The number of anilines is 1. The monoisotopic (exact) mass is 472 g/mol. The first kappa shape index (κ1) is 23.6. The molecule has 32 heavy (non-hydrogen) atoms. The van der Waals surface area contributed by atoms with Gasteiger partial charge in [-0.2, -0.15) is 0 Å². The summed E-state index contributed by atoms with van der Waals surface area (Å²) in [5.41, 5.74) is 2.25. The third-order valence-electron chi connectivity index (χ3n) is 5.13. The Bertz CT molecular complexity index is 1160. The van der Waals surface area contributed by atoms with E-state index in [0.29, 0.717) is 10.7 Å². The Kier molecular flexibility index (Phi) is 7.43. The Hall–Kier alpha value is -3.03. The number of sulfonamides is 1. The van der Waals surface area contributed by atoms with Gasteiger partial charge in [0.05, 0.1) is 30.2 Å². The molecule has 0 aromatic heterocycles. The van der Waals surface area contributed by atoms with Crippen LogP contribution >= 0.6 is 11.6 Å². The van der Waals surface area contributed by atoms with Gasteiger partial charge in [-0.15, -0.1) is 0 Å². The second-order valence-electron chi connectivity index (χ2n) is 7.33. The predicted octanol–water partition coefficient (Wildman–Crippen LogP) is 4.59. The van der Waals surface area contributed by atoms with E-state index >= 15 is 0 Å². The summed E-state index contributed by atoms with van der Waals surface area (Å²) in [4.78, 5) is 12.6. The molecule has 0 aliphatic rings. The molecule has 0 saturated heterocycles. The number of hydrogen-bond donors (Lipinski definition) is 1. The van der Waals surface area contributed by atoms with Crippen LogP contribution in [0.15, 0.2) is 77.7 Å². The lowest BCUT2D eigenvalue weighted by atomic mass is 10.1. The number of amides is 1. The molecule has 168 valence electrons. The van der Waals surface area contributed by atoms with Crippen molar-refractivity contribution in [3.05, 3.63) is 88.9 Å². The standard InChI is InChI=1S/C24H25ClN2O4S/c1-17(19-6-12-22(31-3)13-7-19)26-24(28)16-18-4-10-21(11-5-18)27(2)32(29,30)23-14-8-20(25)9-15-23/h4-15,17H,16H2,1-3H3,(H,26,28)/t17-/m0/s1. The average Bonchev–Trinajstić information content (AvgIpc) is 2.79. The van der Waals surface area contributed by atoms with Gasteiger partial charge in [0.15, 0.2) is 0 Å². The average molecular weight is 473 g/mol. The van der Waals surface area contributed by atoms with Crippen molar-refractivity contribution in [2.24, 2.45) is 0 Å². The van der Waals surface area contributed by atoms with Crippen molar-refractivity contribution in [2.75, 3.05) is 18.5 Å². The van der Waals surface area contributed by atoms with E-state index in [-0.39, 0.29) is 23.3 Å². The predicted molar refractivity (Wildman–Crippen MR) is 127 cm³/mol. The third kappa shape index (κ3) is 5.60. The van der Waals surface area contributed by atoms with E-state index in [4.69, 9.17) is 16.3 Å². The fourth-order valence-electron chi connectivity index (χ4n) is 3.18. The van der Waals surface area contributed by atoms with Crippen molar-refractivity contribution in [1.29, 1.82) is 0 Å². The largest absolute Gasteiger partial charge is 0.497 e. The molecule has 8 heteroatoms. The number of rotatable bonds is 8. The van der Waals surface area contributed by atoms with Gasteiger partial charge in [0.1, 0.15) is 5.75 Å². The SMILES string of the molecule is COc1ccc([C@H](C)NC(=O)Cc2ccc(N(C)S(=O)(=O)c3ccc(Cl)cc3)cc2)cc1. The lowest BCUT2D eigenvalue weighted by molar-refractivity contribution is -0.121. The summed E-state index contributed by atoms with van der Waals surface area (Å²) in [6.45, 7) is 1.92. The van der Waals surface area contributed by atoms with Crippen LogP contribution in [0, 0.1) is 0 Å². The first-order chi connectivity index (χ1) is 15.2. The lowest BCUT2D eigenvalue weighted by Crippen LogP contribution is -2.28. The molecule has 0 aliphatic carbocycles. The molecule has 3 rings (SSSR count). The minimum Gasteiger partial charge on any atom is -0.497 e. The second kappa shape index (κ2) is 10.1. The summed E-state index contributed by atoms with van der Waals surface area (Å²) in [6, 6.07) is 20.3. The van der Waals surface area contributed by atoms with Crippen LogP contribution in [0.3, 0.4) is 0 Å². The van der Waals surface area contributed by atoms with Crippen molar-refractivity contribution < 1.29 is 17.9 Å². The van der Waals surface area contributed by atoms with E-state index in [1.165, 1.54) is 35.6 Å². The first-order valence-electron chi connectivity index (χ1n) is 9.97. The topological polar surface area (TPSA) is 75.7 Å². The van der Waals surface area contributed by atoms with E-state index in [0.717, 1.165) is 16.9 Å². The van der Waals surface area contributed by atoms with Crippen LogP contribution in [-0.4, -0.2) is 28.5 Å². The normalized spacial score (nSPS) is 12.1. The second-order valence-corrected chi connectivity index (χ2v) is 9.74. The molecule has 0 bridgehead atoms. The van der Waals surface area contributed by atoms with Crippen molar-refractivity contribution in [3.63, 3.8) is 0 Å². The fraction of sp³-hybridized carbons (Fsp3) is 0.208. The Morgan fingerprint density at radius 3 is 2.16 bits per heavy atom. The zero-order valence-electron chi connectivity index (χ0n) is 18.1. The Morgan fingerprint density at radius 1 is 1.00 bits per heavy atom. The van der Waals surface area contributed by atoms with Crippen LogP contribution in [-0.2, 0) is 21.2 Å². The number of nitrogens with zero attached hydrogens (tertiary/aromatic N) is 1. The summed E-state index contributed by atoms with van der Waals surface area (Å²) >= 11 is 5.85. The zero-order chi connectivity index (χ0) is 23.3. The molecule has 3 aromatic rings. The number of ether oxygens (including phenoxy) is 1. The molecule has 1 atom stereocenters. The summed E-state index contributed by atoms with van der Waals surface area (Å²) in [5.74, 6) is 0.638. The molecule has 1 amide bonds. The lowest BCUT2D eigenvalue weighted by Gasteiger charge is -2.20. The van der Waals surface area contributed by atoms with Gasteiger partial charge in [-0.3, -0.25) is 9.10 Å². The van der Waals surface area contributed by atoms with Crippen molar-refractivity contribution in [2.45, 2.75) is 24.3 Å². The van der Waals surface area contributed by atoms with Gasteiger partial charge in [0, 0.05) is 12.1 Å². The van der Waals surface area contributed by atoms with Crippen molar-refractivity contribution in [3.8, 4) is 5.75 Å². The van der Waals surface area contributed by atoms with Gasteiger partial charge in [0.25, 0.3) is 10.0 Å². The van der Waals surface area contributed by atoms with E-state index in [1.807, 2.05) is 31.2 Å². The van der Waals surface area contributed by atoms with Gasteiger partial charge in [0.2, 0.25) is 5.91 Å². The molecule has 3 aromatic carbocycles. The smallest absolute Gasteiger partial charge is 0.264 e. The maximum absolute atomic E-state index is 12.8. The zero-order valence-corrected chi connectivity index (χ0v) is 19.7. The van der Waals surface area contributed by atoms with Crippen molar-refractivity contribution in [1.82, 2.24) is 5.32 Å². The van der Waals surface area contributed by atoms with Crippen LogP contribution in [0.2, 0.25) is 5.02 Å². The van der Waals surface area contributed by atoms with Crippen LogP contribution in [0.25, 0.3) is 0 Å². The fourth-order valence-corrected chi connectivity index (χ4v) is 4.50. The maximum atomic E-state index is 12.8. The number of carbonyl (C=O) groups is 1. The van der Waals surface area contributed by atoms with E-state index < -0.39 is 10.0 Å². The number of halogens is 1. The van der Waals surface area contributed by atoms with Gasteiger partial charge < -0.3 is 10.1 Å². The van der Waals surface area contributed by atoms with Crippen molar-refractivity contribution >= 4 is 33.2 Å². The van der Waals surface area contributed by atoms with E-state index in [9.17, 15) is 13.2 Å². The van der Waals surface area contributed by atoms with Gasteiger partial charge in [-0.1, -0.05) is 35.9 Å². The Labute approximate surface area is 193 Å². The first-order valence-corrected chi connectivity index (χ1v) is 11.8. The molecule has 0 fully saturated rings. The Balaban J connectivity index is 1.63. The van der Waals surface area contributed by atoms with E-state index in [2.05, 4.69) is 5.32 Å². The highest BCUT2D eigenvalue weighted by molar-refractivity contribution is 7.92. The van der Waals surface area contributed by atoms with Gasteiger partial charge in [-0.25, -0.2) is 8.42 Å². The quantitative estimate of drug-likeness (QED) is 0.520. The van der Waals surface area contributed by atoms with E-state index in [1.54, 1.807) is 31.4 Å². The van der Waals surface area contributed by atoms with Crippen LogP contribution in [0.1, 0.15) is 24.1 Å². The number of methoxy groups -OCH3 is 1. The Morgan fingerprint density at radius 2 is 1.59 bits per heavy atom. The van der Waals surface area contributed by atoms with Crippen LogP contribution in [0.4, 0.5) is 5.69 Å². The number of nitrogens with one attached hydrogen (secondary N) is 1. The molecule has 0 spiro atoms. The third-order valence-corrected chi connectivity index (χ3v) is 7.18. The summed E-state index contributed by atoms with van der Waals surface area (Å²) < 4.78 is 32.0. The molecule has 6 nitrogen and oxygen atoms in total. The highest BCUT2D eigenvalue weighted by Crippen LogP contribution is 2.24. The molecule has 0 radical (unpaired) electrons. The molecule has 0 saturated carbocycles.